The van der Waals surface area contributed by atoms with Crippen molar-refractivity contribution >= 4 is 21.6 Å². The molecule has 3 heterocycles. The van der Waals surface area contributed by atoms with E-state index in [9.17, 15) is 4.79 Å². The fourth-order valence-electron chi connectivity index (χ4n) is 2.52. The van der Waals surface area contributed by atoms with Crippen molar-refractivity contribution in [2.75, 3.05) is 18.0 Å². The van der Waals surface area contributed by atoms with Gasteiger partial charge in [0.15, 0.2) is 0 Å². The molecule has 0 radical (unpaired) electrons. The topological polar surface area (TPSA) is 68.8 Å². The van der Waals surface area contributed by atoms with Crippen molar-refractivity contribution in [3.05, 3.63) is 33.7 Å². The van der Waals surface area contributed by atoms with E-state index in [1.807, 2.05) is 4.68 Å². The lowest BCUT2D eigenvalue weighted by Gasteiger charge is -2.34. The molecule has 1 unspecified atom stereocenters. The average molecular weight is 339 g/mol. The predicted octanol–water partition coefficient (Wildman–Crippen LogP) is 0.976. The van der Waals surface area contributed by atoms with E-state index >= 15 is 0 Å². The SMILES string of the molecule is Cn1ncc(N2CCCC(n3cncn3)C2)c(Br)c1=O. The molecule has 7 nitrogen and oxygen atoms in total. The lowest BCUT2D eigenvalue weighted by molar-refractivity contribution is 0.374. The summed E-state index contributed by atoms with van der Waals surface area (Å²) in [6.07, 6.45) is 7.14. The maximum absolute atomic E-state index is 11.9. The Labute approximate surface area is 124 Å². The van der Waals surface area contributed by atoms with Crippen LogP contribution < -0.4 is 10.5 Å². The largest absolute Gasteiger partial charge is 0.367 e. The molecule has 1 aliphatic heterocycles. The van der Waals surface area contributed by atoms with Gasteiger partial charge in [-0.2, -0.15) is 10.2 Å². The molecule has 0 amide bonds. The molecule has 1 aliphatic rings. The van der Waals surface area contributed by atoms with Gasteiger partial charge >= 0.3 is 0 Å². The molecule has 3 rings (SSSR count). The third kappa shape index (κ3) is 2.35. The second-order valence-corrected chi connectivity index (χ2v) is 5.68. The minimum Gasteiger partial charge on any atom is -0.367 e. The summed E-state index contributed by atoms with van der Waals surface area (Å²) >= 11 is 3.39. The molecule has 0 bridgehead atoms. The Morgan fingerprint density at radius 2 is 2.25 bits per heavy atom. The highest BCUT2D eigenvalue weighted by atomic mass is 79.9. The van der Waals surface area contributed by atoms with E-state index in [0.29, 0.717) is 4.47 Å². The van der Waals surface area contributed by atoms with E-state index in [-0.39, 0.29) is 11.6 Å². The summed E-state index contributed by atoms with van der Waals surface area (Å²) in [4.78, 5) is 18.1. The van der Waals surface area contributed by atoms with E-state index < -0.39 is 0 Å². The van der Waals surface area contributed by atoms with Crippen LogP contribution in [0.25, 0.3) is 0 Å². The second kappa shape index (κ2) is 5.35. The zero-order valence-electron chi connectivity index (χ0n) is 11.1. The number of rotatable bonds is 2. The van der Waals surface area contributed by atoms with Gasteiger partial charge in [0, 0.05) is 20.1 Å². The van der Waals surface area contributed by atoms with Gasteiger partial charge in [-0.05, 0) is 28.8 Å². The van der Waals surface area contributed by atoms with E-state index in [1.165, 1.54) is 4.68 Å². The monoisotopic (exact) mass is 338 g/mol. The molecule has 1 atom stereocenters. The first kappa shape index (κ1) is 13.3. The molecule has 0 N–H and O–H groups in total. The third-order valence-electron chi connectivity index (χ3n) is 3.61. The molecule has 1 saturated heterocycles. The molecule has 106 valence electrons. The number of hydrogen-bond donors (Lipinski definition) is 0. The minimum absolute atomic E-state index is 0.120. The second-order valence-electron chi connectivity index (χ2n) is 4.89. The highest BCUT2D eigenvalue weighted by molar-refractivity contribution is 9.10. The summed E-state index contributed by atoms with van der Waals surface area (Å²) in [7, 11) is 1.64. The summed E-state index contributed by atoms with van der Waals surface area (Å²) < 4.78 is 3.77. The first-order valence-electron chi connectivity index (χ1n) is 6.47. The molecule has 20 heavy (non-hydrogen) atoms. The Bertz CT molecular complexity index is 652. The van der Waals surface area contributed by atoms with E-state index in [1.54, 1.807) is 25.9 Å². The lowest BCUT2D eigenvalue weighted by Crippen LogP contribution is -2.38. The van der Waals surface area contributed by atoms with E-state index in [4.69, 9.17) is 0 Å². The lowest BCUT2D eigenvalue weighted by atomic mass is 10.1. The first-order valence-corrected chi connectivity index (χ1v) is 7.27. The van der Waals surface area contributed by atoms with Gasteiger partial charge in [-0.15, -0.1) is 0 Å². The molecule has 0 aliphatic carbocycles. The number of hydrogen-bond acceptors (Lipinski definition) is 5. The van der Waals surface area contributed by atoms with E-state index in [2.05, 4.69) is 36.0 Å². The van der Waals surface area contributed by atoms with Crippen LogP contribution >= 0.6 is 15.9 Å². The van der Waals surface area contributed by atoms with Gasteiger partial charge in [0.25, 0.3) is 5.56 Å². The normalized spacial score (nSPS) is 19.3. The van der Waals surface area contributed by atoms with Crippen LogP contribution in [0.1, 0.15) is 18.9 Å². The van der Waals surface area contributed by atoms with Gasteiger partial charge in [0.2, 0.25) is 0 Å². The first-order chi connectivity index (χ1) is 9.66. The Morgan fingerprint density at radius 3 is 3.00 bits per heavy atom. The molecule has 0 aromatic carbocycles. The highest BCUT2D eigenvalue weighted by Crippen LogP contribution is 2.28. The van der Waals surface area contributed by atoms with Crippen molar-refractivity contribution in [2.45, 2.75) is 18.9 Å². The smallest absolute Gasteiger partial charge is 0.282 e. The fourth-order valence-corrected chi connectivity index (χ4v) is 3.13. The molecule has 8 heteroatoms. The summed E-state index contributed by atoms with van der Waals surface area (Å²) in [6, 6.07) is 0.280. The van der Waals surface area contributed by atoms with Crippen LogP contribution in [-0.2, 0) is 7.05 Å². The van der Waals surface area contributed by atoms with Gasteiger partial charge in [-0.1, -0.05) is 0 Å². The molecule has 0 spiro atoms. The van der Waals surface area contributed by atoms with Crippen LogP contribution in [0.15, 0.2) is 28.1 Å². The van der Waals surface area contributed by atoms with Gasteiger partial charge in [0.1, 0.15) is 17.1 Å². The van der Waals surface area contributed by atoms with Gasteiger partial charge in [-0.3, -0.25) is 4.79 Å². The van der Waals surface area contributed by atoms with E-state index in [0.717, 1.165) is 31.6 Å². The van der Waals surface area contributed by atoms with Crippen LogP contribution in [0, 0.1) is 0 Å². The van der Waals surface area contributed by atoms with Gasteiger partial charge in [-0.25, -0.2) is 14.3 Å². The van der Waals surface area contributed by atoms with Gasteiger partial charge in [0.05, 0.1) is 17.9 Å². The molecular formula is C12H15BrN6O. The quantitative estimate of drug-likeness (QED) is 0.816. The number of anilines is 1. The van der Waals surface area contributed by atoms with Crippen molar-refractivity contribution in [1.82, 2.24) is 24.5 Å². The van der Waals surface area contributed by atoms with Crippen LogP contribution in [0.5, 0.6) is 0 Å². The zero-order chi connectivity index (χ0) is 14.1. The Morgan fingerprint density at radius 1 is 1.40 bits per heavy atom. The van der Waals surface area contributed by atoms with Crippen molar-refractivity contribution in [3.8, 4) is 0 Å². The molecular weight excluding hydrogens is 324 g/mol. The maximum Gasteiger partial charge on any atom is 0.282 e. The molecule has 2 aromatic heterocycles. The minimum atomic E-state index is -0.120. The van der Waals surface area contributed by atoms with Crippen molar-refractivity contribution in [3.63, 3.8) is 0 Å². The van der Waals surface area contributed by atoms with Crippen molar-refractivity contribution < 1.29 is 0 Å². The van der Waals surface area contributed by atoms with Gasteiger partial charge < -0.3 is 4.90 Å². The Hall–Kier alpha value is -1.70. The fraction of sp³-hybridized carbons (Fsp3) is 0.500. The predicted molar refractivity (Wildman–Crippen MR) is 77.7 cm³/mol. The molecule has 1 fully saturated rings. The maximum atomic E-state index is 11.9. The summed E-state index contributed by atoms with van der Waals surface area (Å²) in [5.41, 5.74) is 0.725. The number of aromatic nitrogens is 5. The molecule has 0 saturated carbocycles. The van der Waals surface area contributed by atoms with Crippen molar-refractivity contribution in [2.24, 2.45) is 7.05 Å². The van der Waals surface area contributed by atoms with Crippen molar-refractivity contribution in [1.29, 1.82) is 0 Å². The Balaban J connectivity index is 1.87. The molecule has 2 aromatic rings. The Kier molecular flexibility index (Phi) is 3.56. The number of piperidine rings is 1. The summed E-state index contributed by atoms with van der Waals surface area (Å²) in [5.74, 6) is 0. The van der Waals surface area contributed by atoms with Crippen LogP contribution in [0.3, 0.4) is 0 Å². The number of nitrogens with zero attached hydrogens (tertiary/aromatic N) is 6. The van der Waals surface area contributed by atoms with Crippen LogP contribution in [0.2, 0.25) is 0 Å². The summed E-state index contributed by atoms with van der Waals surface area (Å²) in [6.45, 7) is 1.72. The standard InChI is InChI=1S/C12H15BrN6O/c1-17-12(20)11(13)10(5-15-17)18-4-2-3-9(6-18)19-8-14-7-16-19/h5,7-9H,2-4,6H2,1H3. The number of aryl methyl sites for hydroxylation is 1. The summed E-state index contributed by atoms with van der Waals surface area (Å²) in [5, 5.41) is 8.31. The highest BCUT2D eigenvalue weighted by Gasteiger charge is 2.24. The van der Waals surface area contributed by atoms with Crippen LogP contribution in [-0.4, -0.2) is 37.6 Å². The average Bonchev–Trinajstić information content (AvgIpc) is 2.99. The third-order valence-corrected chi connectivity index (χ3v) is 4.35. The number of halogens is 1. The van der Waals surface area contributed by atoms with Crippen LogP contribution in [0.4, 0.5) is 5.69 Å². The zero-order valence-corrected chi connectivity index (χ0v) is 12.7.